The molecule has 2 N–H and O–H groups in total. The van der Waals surface area contributed by atoms with E-state index in [1.165, 1.54) is 18.6 Å². The molecule has 208 valence electrons. The Labute approximate surface area is 220 Å². The van der Waals surface area contributed by atoms with Crippen LogP contribution in [0.25, 0.3) is 0 Å². The Morgan fingerprint density at radius 3 is 2.53 bits per heavy atom. The lowest BCUT2D eigenvalue weighted by molar-refractivity contribution is -0.186. The van der Waals surface area contributed by atoms with Crippen molar-refractivity contribution >= 4 is 21.6 Å². The van der Waals surface area contributed by atoms with Crippen LogP contribution in [0.15, 0.2) is 47.4 Å². The number of halogens is 4. The number of anilines is 1. The zero-order valence-electron chi connectivity index (χ0n) is 21.1. The molecule has 6 nitrogen and oxygen atoms in total. The second kappa shape index (κ2) is 12.0. The molecule has 1 unspecified atom stereocenters. The molecule has 1 aliphatic heterocycles. The van der Waals surface area contributed by atoms with Gasteiger partial charge >= 0.3 is 12.1 Å². The molecular weight excluding hydrogens is 522 g/mol. The molecule has 1 amide bonds. The fourth-order valence-corrected chi connectivity index (χ4v) is 6.41. The third-order valence-corrected chi connectivity index (χ3v) is 8.65. The smallest absolute Gasteiger partial charge is 0.330 e. The van der Waals surface area contributed by atoms with Gasteiger partial charge < -0.3 is 10.2 Å². The standard InChI is InChI=1S/C27H33F4N3O3S/c28-23(14-19-6-2-1-3-7-19)17-32-16-21-8-4-5-9-25(21)33-38(36,37)24-11-10-20-12-13-34(18-22(20)15-24)26(35)27(29,30)31/h4-5,8-11,15,19,23,32-33H,1-3,6-7,12-14,16-18H2. The van der Waals surface area contributed by atoms with Crippen molar-refractivity contribution in [3.8, 4) is 0 Å². The molecule has 4 rings (SSSR count). The van der Waals surface area contributed by atoms with Crippen molar-refractivity contribution in [3.05, 3.63) is 59.2 Å². The molecule has 11 heteroatoms. The maximum atomic E-state index is 14.5. The summed E-state index contributed by atoms with van der Waals surface area (Å²) < 4.78 is 82.0. The summed E-state index contributed by atoms with van der Waals surface area (Å²) in [5.74, 6) is -1.51. The van der Waals surface area contributed by atoms with Crippen LogP contribution in [-0.4, -0.2) is 44.7 Å². The molecule has 0 spiro atoms. The number of benzene rings is 2. The molecule has 1 atom stereocenters. The highest BCUT2D eigenvalue weighted by molar-refractivity contribution is 7.92. The van der Waals surface area contributed by atoms with Crippen molar-refractivity contribution in [2.75, 3.05) is 17.8 Å². The fraction of sp³-hybridized carbons (Fsp3) is 0.519. The van der Waals surface area contributed by atoms with Crippen LogP contribution in [0.1, 0.15) is 55.2 Å². The van der Waals surface area contributed by atoms with Crippen molar-refractivity contribution in [1.82, 2.24) is 10.2 Å². The van der Waals surface area contributed by atoms with E-state index in [-0.39, 0.29) is 37.5 Å². The number of para-hydroxylation sites is 1. The highest BCUT2D eigenvalue weighted by atomic mass is 32.2. The van der Waals surface area contributed by atoms with Crippen LogP contribution in [0.2, 0.25) is 0 Å². The van der Waals surface area contributed by atoms with E-state index in [2.05, 4.69) is 10.0 Å². The van der Waals surface area contributed by atoms with Crippen LogP contribution in [0.5, 0.6) is 0 Å². The second-order valence-electron chi connectivity index (χ2n) is 10.1. The molecule has 2 aliphatic rings. The van der Waals surface area contributed by atoms with Crippen LogP contribution < -0.4 is 10.0 Å². The first-order chi connectivity index (χ1) is 18.0. The lowest BCUT2D eigenvalue weighted by atomic mass is 9.86. The number of alkyl halides is 4. The Balaban J connectivity index is 1.40. The average Bonchev–Trinajstić information content (AvgIpc) is 2.88. The summed E-state index contributed by atoms with van der Waals surface area (Å²) in [6.07, 6.45) is 0.467. The van der Waals surface area contributed by atoms with E-state index < -0.39 is 28.3 Å². The summed E-state index contributed by atoms with van der Waals surface area (Å²) in [4.78, 5) is 12.2. The Bertz CT molecular complexity index is 1230. The quantitative estimate of drug-likeness (QED) is 0.410. The van der Waals surface area contributed by atoms with Crippen molar-refractivity contribution in [2.45, 2.75) is 75.3 Å². The SMILES string of the molecule is O=C(N1CCc2ccc(S(=O)(=O)Nc3ccccc3CNCC(F)CC3CCCCC3)cc2C1)C(F)(F)F. The second-order valence-corrected chi connectivity index (χ2v) is 11.8. The van der Waals surface area contributed by atoms with E-state index in [1.807, 2.05) is 0 Å². The third-order valence-electron chi connectivity index (χ3n) is 7.29. The van der Waals surface area contributed by atoms with Gasteiger partial charge in [-0.05, 0) is 53.6 Å². The van der Waals surface area contributed by atoms with E-state index >= 15 is 0 Å². The van der Waals surface area contributed by atoms with Gasteiger partial charge in [-0.3, -0.25) is 9.52 Å². The van der Waals surface area contributed by atoms with Crippen molar-refractivity contribution in [3.63, 3.8) is 0 Å². The van der Waals surface area contributed by atoms with Gasteiger partial charge in [-0.25, -0.2) is 12.8 Å². The maximum absolute atomic E-state index is 14.5. The van der Waals surface area contributed by atoms with Gasteiger partial charge in [0.25, 0.3) is 10.0 Å². The number of hydrogen-bond donors (Lipinski definition) is 2. The van der Waals surface area contributed by atoms with Gasteiger partial charge in [0.1, 0.15) is 6.17 Å². The zero-order valence-corrected chi connectivity index (χ0v) is 21.9. The van der Waals surface area contributed by atoms with Crippen LogP contribution in [0.4, 0.5) is 23.2 Å². The van der Waals surface area contributed by atoms with Crippen molar-refractivity contribution in [2.24, 2.45) is 5.92 Å². The number of amides is 1. The maximum Gasteiger partial charge on any atom is 0.471 e. The fourth-order valence-electron chi connectivity index (χ4n) is 5.26. The Morgan fingerprint density at radius 1 is 1.05 bits per heavy atom. The molecule has 0 saturated heterocycles. The van der Waals surface area contributed by atoms with Gasteiger partial charge in [-0.15, -0.1) is 0 Å². The Hall–Kier alpha value is -2.66. The molecule has 0 radical (unpaired) electrons. The van der Waals surface area contributed by atoms with E-state index in [9.17, 15) is 30.8 Å². The van der Waals surface area contributed by atoms with E-state index in [4.69, 9.17) is 0 Å². The summed E-state index contributed by atoms with van der Waals surface area (Å²) >= 11 is 0. The summed E-state index contributed by atoms with van der Waals surface area (Å²) in [7, 11) is -4.07. The van der Waals surface area contributed by atoms with Gasteiger partial charge in [0, 0.05) is 26.2 Å². The molecule has 2 aromatic carbocycles. The predicted molar refractivity (Wildman–Crippen MR) is 137 cm³/mol. The predicted octanol–water partition coefficient (Wildman–Crippen LogP) is 5.33. The Kier molecular flexibility index (Phi) is 8.97. The highest BCUT2D eigenvalue weighted by Crippen LogP contribution is 2.29. The number of hydrogen-bond acceptors (Lipinski definition) is 4. The lowest BCUT2D eigenvalue weighted by Crippen LogP contribution is -2.43. The van der Waals surface area contributed by atoms with Crippen LogP contribution >= 0.6 is 0 Å². The van der Waals surface area contributed by atoms with Gasteiger partial charge in [0.15, 0.2) is 0 Å². The summed E-state index contributed by atoms with van der Waals surface area (Å²) in [5, 5.41) is 3.09. The Morgan fingerprint density at radius 2 is 1.79 bits per heavy atom. The summed E-state index contributed by atoms with van der Waals surface area (Å²) in [5.41, 5.74) is 2.03. The molecular formula is C27H33F4N3O3S. The number of sulfonamides is 1. The van der Waals surface area contributed by atoms with E-state index in [0.717, 1.165) is 25.7 Å². The van der Waals surface area contributed by atoms with Gasteiger partial charge in [0.2, 0.25) is 0 Å². The lowest BCUT2D eigenvalue weighted by Gasteiger charge is -2.29. The highest BCUT2D eigenvalue weighted by Gasteiger charge is 2.43. The van der Waals surface area contributed by atoms with E-state index in [1.54, 1.807) is 30.3 Å². The number of carbonyl (C=O) groups is 1. The monoisotopic (exact) mass is 555 g/mol. The molecule has 2 aromatic rings. The summed E-state index contributed by atoms with van der Waals surface area (Å²) in [6.45, 7) is 0.0390. The normalized spacial score (nSPS) is 17.6. The van der Waals surface area contributed by atoms with Gasteiger partial charge in [0.05, 0.1) is 10.6 Å². The first-order valence-electron chi connectivity index (χ1n) is 13.0. The van der Waals surface area contributed by atoms with Gasteiger partial charge in [-0.1, -0.05) is 56.4 Å². The van der Waals surface area contributed by atoms with Crippen molar-refractivity contribution in [1.29, 1.82) is 0 Å². The first kappa shape index (κ1) is 28.4. The number of nitrogens with one attached hydrogen (secondary N) is 2. The first-order valence-corrected chi connectivity index (χ1v) is 14.4. The van der Waals surface area contributed by atoms with Crippen LogP contribution in [-0.2, 0) is 34.3 Å². The van der Waals surface area contributed by atoms with Crippen molar-refractivity contribution < 1.29 is 30.8 Å². The number of fused-ring (bicyclic) bond motifs is 1. The molecule has 1 saturated carbocycles. The molecule has 1 fully saturated rings. The van der Waals surface area contributed by atoms with Crippen LogP contribution in [0, 0.1) is 5.92 Å². The third kappa shape index (κ3) is 7.25. The number of carbonyl (C=O) groups excluding carboxylic acids is 1. The number of nitrogens with zero attached hydrogens (tertiary/aromatic N) is 1. The molecule has 38 heavy (non-hydrogen) atoms. The largest absolute Gasteiger partial charge is 0.471 e. The minimum absolute atomic E-state index is 0.0868. The minimum atomic E-state index is -4.99. The average molecular weight is 556 g/mol. The molecule has 1 aliphatic carbocycles. The molecule has 1 heterocycles. The topological polar surface area (TPSA) is 78.5 Å². The van der Waals surface area contributed by atoms with Crippen LogP contribution in [0.3, 0.4) is 0 Å². The minimum Gasteiger partial charge on any atom is -0.330 e. The molecule has 0 aromatic heterocycles. The zero-order chi connectivity index (χ0) is 27.3. The van der Waals surface area contributed by atoms with E-state index in [0.29, 0.717) is 39.6 Å². The van der Waals surface area contributed by atoms with Gasteiger partial charge in [-0.2, -0.15) is 13.2 Å². The number of rotatable bonds is 9. The molecule has 0 bridgehead atoms. The summed E-state index contributed by atoms with van der Waals surface area (Å²) in [6, 6.07) is 11.1.